The average Bonchev–Trinajstić information content (AvgIpc) is 2.53. The number of hydrogen-bond acceptors (Lipinski definition) is 2. The number of benzene rings is 2. The van der Waals surface area contributed by atoms with Gasteiger partial charge in [0, 0.05) is 11.4 Å². The van der Waals surface area contributed by atoms with Gasteiger partial charge in [-0.2, -0.15) is 0 Å². The Balaban J connectivity index is 2.23. The zero-order valence-electron chi connectivity index (χ0n) is 13.0. The van der Waals surface area contributed by atoms with E-state index >= 15 is 0 Å². The van der Waals surface area contributed by atoms with E-state index in [1.54, 1.807) is 24.3 Å². The van der Waals surface area contributed by atoms with Gasteiger partial charge in [-0.25, -0.2) is 4.39 Å². The van der Waals surface area contributed by atoms with Crippen molar-refractivity contribution in [3.8, 4) is 0 Å². The number of carbonyl (C=O) groups excluding carboxylic acids is 1. The first-order chi connectivity index (χ1) is 11.1. The molecule has 23 heavy (non-hydrogen) atoms. The van der Waals surface area contributed by atoms with Crippen LogP contribution in [0.5, 0.6) is 0 Å². The molecule has 0 aromatic heterocycles. The molecule has 1 amide bonds. The zero-order chi connectivity index (χ0) is 16.7. The summed E-state index contributed by atoms with van der Waals surface area (Å²) in [6, 6.07) is 13.1. The summed E-state index contributed by atoms with van der Waals surface area (Å²) < 4.78 is 13.6. The van der Waals surface area contributed by atoms with Crippen molar-refractivity contribution in [3.05, 3.63) is 70.5 Å². The van der Waals surface area contributed by atoms with E-state index in [9.17, 15) is 9.18 Å². The quantitative estimate of drug-likeness (QED) is 0.758. The molecule has 0 radical (unpaired) electrons. The molecule has 0 spiro atoms. The molecule has 0 saturated carbocycles. The maximum absolute atomic E-state index is 13.6. The second-order valence-electron chi connectivity index (χ2n) is 5.32. The molecule has 122 valence electrons. The van der Waals surface area contributed by atoms with Gasteiger partial charge in [0.25, 0.3) is 0 Å². The van der Waals surface area contributed by atoms with E-state index in [2.05, 4.69) is 10.6 Å². The Morgan fingerprint density at radius 1 is 1.17 bits per heavy atom. The largest absolute Gasteiger partial charge is 0.345 e. The summed E-state index contributed by atoms with van der Waals surface area (Å²) >= 11 is 6.05. The van der Waals surface area contributed by atoms with Gasteiger partial charge in [0.1, 0.15) is 5.82 Å². The highest BCUT2D eigenvalue weighted by atomic mass is 35.5. The van der Waals surface area contributed by atoms with Crippen LogP contribution in [0.15, 0.2) is 48.5 Å². The summed E-state index contributed by atoms with van der Waals surface area (Å²) in [5.74, 6) is -0.409. The molecule has 0 bridgehead atoms. The smallest absolute Gasteiger partial charge is 0.220 e. The van der Waals surface area contributed by atoms with Crippen LogP contribution in [0.4, 0.5) is 4.39 Å². The van der Waals surface area contributed by atoms with E-state index in [1.165, 1.54) is 12.1 Å². The second-order valence-corrected chi connectivity index (χ2v) is 5.75. The van der Waals surface area contributed by atoms with E-state index in [4.69, 9.17) is 11.6 Å². The maximum atomic E-state index is 13.6. The summed E-state index contributed by atoms with van der Waals surface area (Å²) in [6.07, 6.45) is 1.15. The molecule has 3 nitrogen and oxygen atoms in total. The number of nitrogens with one attached hydrogen (secondary N) is 2. The van der Waals surface area contributed by atoms with Crippen molar-refractivity contribution >= 4 is 17.5 Å². The molecule has 0 heterocycles. The highest BCUT2D eigenvalue weighted by molar-refractivity contribution is 6.30. The van der Waals surface area contributed by atoms with Crippen LogP contribution in [0.1, 0.15) is 30.0 Å². The highest BCUT2D eigenvalue weighted by Crippen LogP contribution is 2.25. The molecule has 2 aromatic carbocycles. The first-order valence-electron chi connectivity index (χ1n) is 7.55. The summed E-state index contributed by atoms with van der Waals surface area (Å²) in [4.78, 5) is 12.2. The van der Waals surface area contributed by atoms with Crippen LogP contribution >= 0.6 is 11.6 Å². The summed E-state index contributed by atoms with van der Waals surface area (Å²) in [5.41, 5.74) is 1.51. The van der Waals surface area contributed by atoms with Crippen molar-refractivity contribution in [3.63, 3.8) is 0 Å². The number of amides is 1. The van der Waals surface area contributed by atoms with Crippen molar-refractivity contribution in [1.82, 2.24) is 10.6 Å². The first-order valence-corrected chi connectivity index (χ1v) is 7.93. The maximum Gasteiger partial charge on any atom is 0.220 e. The third kappa shape index (κ3) is 5.34. The van der Waals surface area contributed by atoms with E-state index in [0.717, 1.165) is 18.5 Å². The number of hydrogen-bond donors (Lipinski definition) is 2. The number of carbonyl (C=O) groups is 1. The molecule has 5 heteroatoms. The van der Waals surface area contributed by atoms with Gasteiger partial charge in [-0.1, -0.05) is 35.9 Å². The fraction of sp³-hybridized carbons (Fsp3) is 0.278. The Morgan fingerprint density at radius 2 is 1.87 bits per heavy atom. The minimum atomic E-state index is -0.425. The normalized spacial score (nSPS) is 12.0. The molecule has 1 atom stereocenters. The lowest BCUT2D eigenvalue weighted by atomic mass is 9.98. The Hall–Kier alpha value is -1.91. The fourth-order valence-corrected chi connectivity index (χ4v) is 2.59. The molecule has 2 rings (SSSR count). The van der Waals surface area contributed by atoms with E-state index in [-0.39, 0.29) is 11.7 Å². The monoisotopic (exact) mass is 334 g/mol. The van der Waals surface area contributed by atoms with Crippen molar-refractivity contribution in [2.75, 3.05) is 13.6 Å². The highest BCUT2D eigenvalue weighted by Gasteiger charge is 2.17. The standard InChI is InChI=1S/C18H20ClFN2O/c1-21-10-4-9-17(23)22-18(13-5-2-7-15(19)11-13)14-6-3-8-16(20)12-14/h2-3,5-8,11-12,18,21H,4,9-10H2,1H3,(H,22,23). The molecule has 2 N–H and O–H groups in total. The molecular weight excluding hydrogens is 315 g/mol. The van der Waals surface area contributed by atoms with Crippen LogP contribution in [0, 0.1) is 5.82 Å². The van der Waals surface area contributed by atoms with E-state index in [0.29, 0.717) is 17.0 Å². The van der Waals surface area contributed by atoms with Crippen molar-refractivity contribution in [2.45, 2.75) is 18.9 Å². The molecule has 0 fully saturated rings. The first kappa shape index (κ1) is 17.4. The molecule has 2 aromatic rings. The van der Waals surface area contributed by atoms with Crippen molar-refractivity contribution in [2.24, 2.45) is 0 Å². The van der Waals surface area contributed by atoms with Crippen molar-refractivity contribution in [1.29, 1.82) is 0 Å². The van der Waals surface area contributed by atoms with Crippen LogP contribution in [-0.2, 0) is 4.79 Å². The summed E-state index contributed by atoms with van der Waals surface area (Å²) in [6.45, 7) is 0.773. The lowest BCUT2D eigenvalue weighted by Gasteiger charge is -2.20. The predicted octanol–water partition coefficient (Wildman–Crippen LogP) is 3.68. The van der Waals surface area contributed by atoms with Crippen LogP contribution in [0.3, 0.4) is 0 Å². The molecule has 0 aliphatic rings. The molecule has 0 aliphatic carbocycles. The summed E-state index contributed by atoms with van der Waals surface area (Å²) in [5, 5.41) is 6.56. The van der Waals surface area contributed by atoms with Crippen LogP contribution in [0.2, 0.25) is 5.02 Å². The lowest BCUT2D eigenvalue weighted by molar-refractivity contribution is -0.121. The summed E-state index contributed by atoms with van der Waals surface area (Å²) in [7, 11) is 1.85. The van der Waals surface area contributed by atoms with Gasteiger partial charge in [-0.3, -0.25) is 4.79 Å². The van der Waals surface area contributed by atoms with E-state index < -0.39 is 6.04 Å². The predicted molar refractivity (Wildman–Crippen MR) is 91.0 cm³/mol. The van der Waals surface area contributed by atoms with Gasteiger partial charge < -0.3 is 10.6 Å². The number of halogens is 2. The topological polar surface area (TPSA) is 41.1 Å². The Bertz CT molecular complexity index is 617. The Morgan fingerprint density at radius 3 is 2.52 bits per heavy atom. The third-order valence-corrected chi connectivity index (χ3v) is 3.74. The van der Waals surface area contributed by atoms with Gasteiger partial charge in [-0.05, 0) is 55.4 Å². The molecule has 0 saturated heterocycles. The van der Waals surface area contributed by atoms with Crippen LogP contribution < -0.4 is 10.6 Å². The Labute approximate surface area is 140 Å². The lowest BCUT2D eigenvalue weighted by Crippen LogP contribution is -2.29. The van der Waals surface area contributed by atoms with Crippen LogP contribution in [-0.4, -0.2) is 19.5 Å². The van der Waals surface area contributed by atoms with Gasteiger partial charge >= 0.3 is 0 Å². The van der Waals surface area contributed by atoms with Gasteiger partial charge in [0.15, 0.2) is 0 Å². The van der Waals surface area contributed by atoms with Gasteiger partial charge in [-0.15, -0.1) is 0 Å². The zero-order valence-corrected chi connectivity index (χ0v) is 13.7. The minimum absolute atomic E-state index is 0.0745. The third-order valence-electron chi connectivity index (χ3n) is 3.50. The minimum Gasteiger partial charge on any atom is -0.345 e. The van der Waals surface area contributed by atoms with E-state index in [1.807, 2.05) is 19.2 Å². The second kappa shape index (κ2) is 8.65. The molecule has 0 aliphatic heterocycles. The molecular formula is C18H20ClFN2O. The van der Waals surface area contributed by atoms with Crippen LogP contribution in [0.25, 0.3) is 0 Å². The average molecular weight is 335 g/mol. The SMILES string of the molecule is CNCCCC(=O)NC(c1cccc(F)c1)c1cccc(Cl)c1. The van der Waals surface area contributed by atoms with Crippen molar-refractivity contribution < 1.29 is 9.18 Å². The van der Waals surface area contributed by atoms with Gasteiger partial charge in [0.05, 0.1) is 6.04 Å². The molecule has 1 unspecified atom stereocenters. The van der Waals surface area contributed by atoms with Gasteiger partial charge in [0.2, 0.25) is 5.91 Å². The number of rotatable bonds is 7. The fourth-order valence-electron chi connectivity index (χ4n) is 2.39. The Kier molecular flexibility index (Phi) is 6.56.